The quantitative estimate of drug-likeness (QED) is 0.455. The number of carbonyl (C=O) groups excluding carboxylic acids is 2. The Morgan fingerprint density at radius 2 is 1.79 bits per heavy atom. The second-order valence-electron chi connectivity index (χ2n) is 6.12. The molecule has 1 saturated heterocycles. The summed E-state index contributed by atoms with van der Waals surface area (Å²) < 4.78 is 25.5. The Kier molecular flexibility index (Phi) is 6.75. The van der Waals surface area contributed by atoms with Gasteiger partial charge < -0.3 is 34.1 Å². The molecule has 0 bridgehead atoms. The van der Waals surface area contributed by atoms with Crippen LogP contribution in [-0.2, 0) is 19.1 Å². The van der Waals surface area contributed by atoms with E-state index in [4.69, 9.17) is 23.7 Å². The van der Waals surface area contributed by atoms with E-state index in [1.807, 2.05) is 0 Å². The van der Waals surface area contributed by atoms with Gasteiger partial charge in [-0.05, 0) is 36.4 Å². The van der Waals surface area contributed by atoms with Gasteiger partial charge in [-0.2, -0.15) is 0 Å². The fraction of sp³-hybridized carbons (Fsp3) is 0.300. The van der Waals surface area contributed by atoms with Crippen LogP contribution in [0.5, 0.6) is 23.0 Å². The molecule has 154 valence electrons. The standard InChI is InChI=1S/C20H21NO8/c1-25-18-7-6-15(8-17(18)22)27-11-19(23)21-13-2-4-14(5-3-13)28-12-20(24)29-10-16-9-26-16/h2-8,16,22H,9-12H2,1H3,(H,21,23). The van der Waals surface area contributed by atoms with E-state index in [0.717, 1.165) is 0 Å². The first-order valence-corrected chi connectivity index (χ1v) is 8.83. The van der Waals surface area contributed by atoms with Crippen molar-refractivity contribution in [2.24, 2.45) is 0 Å². The lowest BCUT2D eigenvalue weighted by Gasteiger charge is -2.10. The highest BCUT2D eigenvalue weighted by atomic mass is 16.6. The Hall–Kier alpha value is -3.46. The molecule has 1 atom stereocenters. The SMILES string of the molecule is COc1ccc(OCC(=O)Nc2ccc(OCC(=O)OCC3CO3)cc2)cc1O. The number of hydrogen-bond acceptors (Lipinski definition) is 8. The minimum atomic E-state index is -0.473. The first-order chi connectivity index (χ1) is 14.0. The zero-order valence-corrected chi connectivity index (χ0v) is 15.8. The topological polar surface area (TPSA) is 116 Å². The van der Waals surface area contributed by atoms with Gasteiger partial charge in [0.15, 0.2) is 24.7 Å². The average molecular weight is 403 g/mol. The Labute approximate surface area is 167 Å². The summed E-state index contributed by atoms with van der Waals surface area (Å²) >= 11 is 0. The number of phenols is 1. The predicted molar refractivity (Wildman–Crippen MR) is 101 cm³/mol. The van der Waals surface area contributed by atoms with Crippen molar-refractivity contribution in [3.8, 4) is 23.0 Å². The largest absolute Gasteiger partial charge is 0.504 e. The van der Waals surface area contributed by atoms with Crippen LogP contribution in [0.4, 0.5) is 5.69 Å². The van der Waals surface area contributed by atoms with E-state index in [0.29, 0.717) is 29.5 Å². The van der Waals surface area contributed by atoms with Gasteiger partial charge in [-0.25, -0.2) is 4.79 Å². The number of esters is 1. The van der Waals surface area contributed by atoms with E-state index in [1.54, 1.807) is 30.3 Å². The second-order valence-corrected chi connectivity index (χ2v) is 6.12. The third kappa shape index (κ3) is 6.58. The lowest BCUT2D eigenvalue weighted by atomic mass is 10.3. The van der Waals surface area contributed by atoms with Crippen LogP contribution in [0.1, 0.15) is 0 Å². The van der Waals surface area contributed by atoms with Gasteiger partial charge in [0.05, 0.1) is 13.7 Å². The molecule has 1 heterocycles. The van der Waals surface area contributed by atoms with Crippen molar-refractivity contribution in [2.75, 3.05) is 38.9 Å². The maximum absolute atomic E-state index is 12.0. The van der Waals surface area contributed by atoms with Crippen molar-refractivity contribution in [3.05, 3.63) is 42.5 Å². The molecule has 1 fully saturated rings. The van der Waals surface area contributed by atoms with Gasteiger partial charge in [0.2, 0.25) is 0 Å². The molecule has 29 heavy (non-hydrogen) atoms. The van der Waals surface area contributed by atoms with E-state index in [1.165, 1.54) is 19.2 Å². The average Bonchev–Trinajstić information content (AvgIpc) is 3.55. The van der Waals surface area contributed by atoms with Crippen LogP contribution < -0.4 is 19.5 Å². The number of benzene rings is 2. The molecule has 0 aromatic heterocycles. The summed E-state index contributed by atoms with van der Waals surface area (Å²) in [4.78, 5) is 23.5. The predicted octanol–water partition coefficient (Wildman–Crippen LogP) is 1.74. The highest BCUT2D eigenvalue weighted by Gasteiger charge is 2.24. The molecule has 1 aliphatic rings. The zero-order valence-electron chi connectivity index (χ0n) is 15.8. The van der Waals surface area contributed by atoms with Gasteiger partial charge in [-0.1, -0.05) is 0 Å². The van der Waals surface area contributed by atoms with Crippen LogP contribution in [0.15, 0.2) is 42.5 Å². The summed E-state index contributed by atoms with van der Waals surface area (Å²) in [5, 5.41) is 12.4. The highest BCUT2D eigenvalue weighted by molar-refractivity contribution is 5.91. The molecule has 1 amide bonds. The Morgan fingerprint density at radius 1 is 1.10 bits per heavy atom. The molecule has 1 aliphatic heterocycles. The Morgan fingerprint density at radius 3 is 2.45 bits per heavy atom. The van der Waals surface area contributed by atoms with Crippen molar-refractivity contribution >= 4 is 17.6 Å². The number of nitrogens with one attached hydrogen (secondary N) is 1. The van der Waals surface area contributed by atoms with Crippen LogP contribution in [0, 0.1) is 0 Å². The third-order valence-electron chi connectivity index (χ3n) is 3.85. The number of anilines is 1. The van der Waals surface area contributed by atoms with Crippen molar-refractivity contribution in [2.45, 2.75) is 6.10 Å². The van der Waals surface area contributed by atoms with Gasteiger partial charge in [0, 0.05) is 11.8 Å². The van der Waals surface area contributed by atoms with Gasteiger partial charge >= 0.3 is 5.97 Å². The number of hydrogen-bond donors (Lipinski definition) is 2. The van der Waals surface area contributed by atoms with Gasteiger partial charge in [-0.3, -0.25) is 4.79 Å². The highest BCUT2D eigenvalue weighted by Crippen LogP contribution is 2.29. The fourth-order valence-corrected chi connectivity index (χ4v) is 2.27. The van der Waals surface area contributed by atoms with Crippen LogP contribution in [-0.4, -0.2) is 56.6 Å². The lowest BCUT2D eigenvalue weighted by Crippen LogP contribution is -2.20. The van der Waals surface area contributed by atoms with Crippen LogP contribution >= 0.6 is 0 Å². The zero-order chi connectivity index (χ0) is 20.6. The van der Waals surface area contributed by atoms with Gasteiger partial charge in [-0.15, -0.1) is 0 Å². The number of aromatic hydroxyl groups is 1. The molecule has 0 radical (unpaired) electrons. The minimum Gasteiger partial charge on any atom is -0.504 e. The van der Waals surface area contributed by atoms with E-state index in [9.17, 15) is 14.7 Å². The Bertz CT molecular complexity index is 848. The smallest absolute Gasteiger partial charge is 0.344 e. The van der Waals surface area contributed by atoms with Crippen LogP contribution in [0.25, 0.3) is 0 Å². The molecule has 2 N–H and O–H groups in total. The van der Waals surface area contributed by atoms with E-state index >= 15 is 0 Å². The summed E-state index contributed by atoms with van der Waals surface area (Å²) in [6, 6.07) is 11.0. The molecule has 0 spiro atoms. The monoisotopic (exact) mass is 403 g/mol. The number of ether oxygens (including phenoxy) is 5. The minimum absolute atomic E-state index is 0.0150. The van der Waals surface area contributed by atoms with Crippen molar-refractivity contribution in [1.82, 2.24) is 0 Å². The van der Waals surface area contributed by atoms with Gasteiger partial charge in [0.25, 0.3) is 5.91 Å². The molecule has 2 aromatic carbocycles. The molecule has 0 saturated carbocycles. The maximum Gasteiger partial charge on any atom is 0.344 e. The first kappa shape index (κ1) is 20.3. The van der Waals surface area contributed by atoms with E-state index < -0.39 is 5.97 Å². The molecule has 3 rings (SSSR count). The maximum atomic E-state index is 12.0. The summed E-state index contributed by atoms with van der Waals surface area (Å²) in [5.74, 6) is 0.189. The number of rotatable bonds is 10. The first-order valence-electron chi connectivity index (χ1n) is 8.83. The summed E-state index contributed by atoms with van der Waals surface area (Å²) in [6.07, 6.45) is 0.0150. The molecular weight excluding hydrogens is 382 g/mol. The Balaban J connectivity index is 1.39. The molecule has 2 aromatic rings. The molecular formula is C20H21NO8. The normalized spacial score (nSPS) is 14.6. The van der Waals surface area contributed by atoms with Crippen LogP contribution in [0.2, 0.25) is 0 Å². The third-order valence-corrected chi connectivity index (χ3v) is 3.85. The van der Waals surface area contributed by atoms with Crippen molar-refractivity contribution in [1.29, 1.82) is 0 Å². The lowest BCUT2D eigenvalue weighted by molar-refractivity contribution is -0.146. The van der Waals surface area contributed by atoms with Crippen molar-refractivity contribution < 1.29 is 38.4 Å². The van der Waals surface area contributed by atoms with E-state index in [2.05, 4.69) is 5.32 Å². The van der Waals surface area contributed by atoms with Crippen LogP contribution in [0.3, 0.4) is 0 Å². The molecule has 0 aliphatic carbocycles. The summed E-state index contributed by atoms with van der Waals surface area (Å²) in [6.45, 7) is 0.418. The number of phenolic OH excluding ortho intramolecular Hbond substituents is 1. The fourth-order valence-electron chi connectivity index (χ4n) is 2.27. The number of carbonyl (C=O) groups is 2. The molecule has 9 nitrogen and oxygen atoms in total. The second kappa shape index (κ2) is 9.65. The van der Waals surface area contributed by atoms with Gasteiger partial charge in [0.1, 0.15) is 24.2 Å². The number of amides is 1. The number of epoxide rings is 1. The van der Waals surface area contributed by atoms with Crippen molar-refractivity contribution in [3.63, 3.8) is 0 Å². The molecule has 9 heteroatoms. The summed E-state index contributed by atoms with van der Waals surface area (Å²) in [7, 11) is 1.44. The number of methoxy groups -OCH3 is 1. The van der Waals surface area contributed by atoms with E-state index in [-0.39, 0.29) is 37.6 Å². The molecule has 1 unspecified atom stereocenters. The summed E-state index contributed by atoms with van der Waals surface area (Å²) in [5.41, 5.74) is 0.539.